The number of carbonyl (C=O) groups excluding carboxylic acids is 2. The van der Waals surface area contributed by atoms with Gasteiger partial charge in [0.15, 0.2) is 5.78 Å². The Balaban J connectivity index is 2.51. The lowest BCUT2D eigenvalue weighted by molar-refractivity contribution is -0.122. The second-order valence-corrected chi connectivity index (χ2v) is 3.71. The molecule has 0 amide bonds. The van der Waals surface area contributed by atoms with E-state index in [1.807, 2.05) is 0 Å². The predicted octanol–water partition coefficient (Wildman–Crippen LogP) is 3.17. The molecule has 0 radical (unpaired) electrons. The number of allylic oxidation sites excluding steroid dienone is 1. The highest BCUT2D eigenvalue weighted by molar-refractivity contribution is 5.95. The summed E-state index contributed by atoms with van der Waals surface area (Å²) in [5, 5.41) is 0. The summed E-state index contributed by atoms with van der Waals surface area (Å²) in [6.07, 6.45) is 3.66. The van der Waals surface area contributed by atoms with Crippen molar-refractivity contribution in [3.63, 3.8) is 0 Å². The largest absolute Gasteiger partial charge is 0.300 e. The number of halogens is 1. The lowest BCUT2D eigenvalue weighted by Gasteiger charge is -1.96. The number of hydrogen-bond acceptors (Lipinski definition) is 2. The van der Waals surface area contributed by atoms with E-state index in [-0.39, 0.29) is 30.2 Å². The molecule has 17 heavy (non-hydrogen) atoms. The molecule has 0 spiro atoms. The molecule has 0 unspecified atom stereocenters. The number of hydrogen-bond donors (Lipinski definition) is 0. The van der Waals surface area contributed by atoms with E-state index in [4.69, 9.17) is 0 Å². The molecule has 3 heteroatoms. The number of Topliss-reactive ketones (excluding diaryl/α,β-unsaturated/α-hetero) is 1. The van der Waals surface area contributed by atoms with Gasteiger partial charge in [-0.05, 0) is 18.2 Å². The molecule has 0 bridgehead atoms. The van der Waals surface area contributed by atoms with Crippen molar-refractivity contribution in [3.05, 3.63) is 41.7 Å². The third-order valence-corrected chi connectivity index (χ3v) is 2.40. The minimum absolute atomic E-state index is 0.0673. The predicted molar refractivity (Wildman–Crippen MR) is 65.0 cm³/mol. The van der Waals surface area contributed by atoms with Gasteiger partial charge < -0.3 is 0 Å². The fraction of sp³-hybridized carbons (Fsp3) is 0.286. The zero-order valence-electron chi connectivity index (χ0n) is 9.78. The average Bonchev–Trinajstić information content (AvgIpc) is 2.35. The molecule has 0 N–H and O–H groups in total. The summed E-state index contributed by atoms with van der Waals surface area (Å²) < 4.78 is 13.2. The van der Waals surface area contributed by atoms with Crippen molar-refractivity contribution in [2.24, 2.45) is 0 Å². The van der Waals surface area contributed by atoms with Gasteiger partial charge in [-0.3, -0.25) is 9.59 Å². The van der Waals surface area contributed by atoms with E-state index in [1.54, 1.807) is 25.1 Å². The van der Waals surface area contributed by atoms with E-state index >= 15 is 0 Å². The van der Waals surface area contributed by atoms with Crippen LogP contribution in [0.3, 0.4) is 0 Å². The molecule has 0 fully saturated rings. The molecule has 0 aliphatic heterocycles. The molecule has 0 atom stereocenters. The van der Waals surface area contributed by atoms with Crippen LogP contribution in [0.2, 0.25) is 0 Å². The van der Waals surface area contributed by atoms with Crippen molar-refractivity contribution < 1.29 is 14.0 Å². The Labute approximate surface area is 100 Å². The van der Waals surface area contributed by atoms with Gasteiger partial charge in [0.25, 0.3) is 0 Å². The van der Waals surface area contributed by atoms with E-state index < -0.39 is 0 Å². The highest BCUT2D eigenvalue weighted by atomic mass is 19.1. The molecule has 1 aromatic carbocycles. The van der Waals surface area contributed by atoms with Crippen LogP contribution in [0.15, 0.2) is 30.3 Å². The SMILES string of the molecule is CCC(=O)CCC(=O)/C=C/c1ccccc1F. The summed E-state index contributed by atoms with van der Waals surface area (Å²) >= 11 is 0. The minimum atomic E-state index is -0.360. The Hall–Kier alpha value is -1.77. The summed E-state index contributed by atoms with van der Waals surface area (Å²) in [5.74, 6) is -0.450. The molecular weight excluding hydrogens is 219 g/mol. The number of benzene rings is 1. The van der Waals surface area contributed by atoms with Crippen LogP contribution in [0.4, 0.5) is 4.39 Å². The van der Waals surface area contributed by atoms with Gasteiger partial charge in [-0.2, -0.15) is 0 Å². The van der Waals surface area contributed by atoms with E-state index in [0.717, 1.165) is 0 Å². The van der Waals surface area contributed by atoms with Crippen molar-refractivity contribution in [1.82, 2.24) is 0 Å². The van der Waals surface area contributed by atoms with Gasteiger partial charge in [-0.25, -0.2) is 4.39 Å². The molecule has 0 aromatic heterocycles. The number of carbonyl (C=O) groups is 2. The zero-order chi connectivity index (χ0) is 12.7. The molecule has 0 aliphatic carbocycles. The van der Waals surface area contributed by atoms with Crippen molar-refractivity contribution in [1.29, 1.82) is 0 Å². The normalized spacial score (nSPS) is 10.7. The summed E-state index contributed by atoms with van der Waals surface area (Å²) in [5.41, 5.74) is 0.377. The molecule has 0 saturated carbocycles. The highest BCUT2D eigenvalue weighted by Gasteiger charge is 2.03. The Morgan fingerprint density at radius 2 is 1.94 bits per heavy atom. The van der Waals surface area contributed by atoms with Gasteiger partial charge in [0, 0.05) is 24.8 Å². The van der Waals surface area contributed by atoms with Crippen molar-refractivity contribution >= 4 is 17.6 Å². The summed E-state index contributed by atoms with van der Waals surface area (Å²) in [6.45, 7) is 1.77. The van der Waals surface area contributed by atoms with Gasteiger partial charge in [0.2, 0.25) is 0 Å². The topological polar surface area (TPSA) is 34.1 Å². The van der Waals surface area contributed by atoms with Crippen LogP contribution in [0.25, 0.3) is 6.08 Å². The number of rotatable bonds is 6. The molecular formula is C14H15FO2. The molecule has 1 rings (SSSR count). The van der Waals surface area contributed by atoms with E-state index in [2.05, 4.69) is 0 Å². The zero-order valence-corrected chi connectivity index (χ0v) is 9.78. The molecule has 0 heterocycles. The lowest BCUT2D eigenvalue weighted by Crippen LogP contribution is -2.00. The van der Waals surface area contributed by atoms with Crippen LogP contribution in [0.1, 0.15) is 31.7 Å². The smallest absolute Gasteiger partial charge is 0.156 e. The third-order valence-electron chi connectivity index (χ3n) is 2.40. The second kappa shape index (κ2) is 6.74. The summed E-state index contributed by atoms with van der Waals surface area (Å²) in [4.78, 5) is 22.4. The Kier molecular flexibility index (Phi) is 5.27. The maximum Gasteiger partial charge on any atom is 0.156 e. The first-order valence-corrected chi connectivity index (χ1v) is 5.60. The highest BCUT2D eigenvalue weighted by Crippen LogP contribution is 2.08. The maximum atomic E-state index is 13.2. The van der Waals surface area contributed by atoms with Gasteiger partial charge in [-0.15, -0.1) is 0 Å². The fourth-order valence-corrected chi connectivity index (χ4v) is 1.32. The molecule has 1 aromatic rings. The quantitative estimate of drug-likeness (QED) is 0.708. The molecule has 0 saturated heterocycles. The average molecular weight is 234 g/mol. The van der Waals surface area contributed by atoms with E-state index in [0.29, 0.717) is 12.0 Å². The maximum absolute atomic E-state index is 13.2. The summed E-state index contributed by atoms with van der Waals surface area (Å²) in [6, 6.07) is 6.23. The molecule has 90 valence electrons. The van der Waals surface area contributed by atoms with Gasteiger partial charge in [0.05, 0.1) is 0 Å². The fourth-order valence-electron chi connectivity index (χ4n) is 1.32. The lowest BCUT2D eigenvalue weighted by atomic mass is 10.1. The first-order valence-electron chi connectivity index (χ1n) is 5.60. The van der Waals surface area contributed by atoms with Crippen molar-refractivity contribution in [2.75, 3.05) is 0 Å². The standard InChI is InChI=1S/C14H15FO2/c1-2-12(16)9-10-13(17)8-7-11-5-3-4-6-14(11)15/h3-8H,2,9-10H2,1H3/b8-7+. The van der Waals surface area contributed by atoms with Crippen LogP contribution in [0, 0.1) is 5.82 Å². The Bertz CT molecular complexity index is 436. The Morgan fingerprint density at radius 3 is 2.59 bits per heavy atom. The summed E-state index contributed by atoms with van der Waals surface area (Å²) in [7, 11) is 0. The van der Waals surface area contributed by atoms with Gasteiger partial charge >= 0.3 is 0 Å². The molecule has 0 aliphatic rings. The third kappa shape index (κ3) is 4.72. The molecule has 2 nitrogen and oxygen atoms in total. The van der Waals surface area contributed by atoms with Crippen molar-refractivity contribution in [2.45, 2.75) is 26.2 Å². The van der Waals surface area contributed by atoms with Crippen LogP contribution >= 0.6 is 0 Å². The second-order valence-electron chi connectivity index (χ2n) is 3.71. The number of ketones is 2. The van der Waals surface area contributed by atoms with Crippen LogP contribution in [-0.4, -0.2) is 11.6 Å². The first-order chi connectivity index (χ1) is 8.13. The Morgan fingerprint density at radius 1 is 1.24 bits per heavy atom. The van der Waals surface area contributed by atoms with Crippen LogP contribution in [-0.2, 0) is 9.59 Å². The van der Waals surface area contributed by atoms with Gasteiger partial charge in [0.1, 0.15) is 11.6 Å². The van der Waals surface area contributed by atoms with Gasteiger partial charge in [-0.1, -0.05) is 25.1 Å². The van der Waals surface area contributed by atoms with Crippen LogP contribution in [0.5, 0.6) is 0 Å². The van der Waals surface area contributed by atoms with E-state index in [1.165, 1.54) is 18.2 Å². The monoisotopic (exact) mass is 234 g/mol. The van der Waals surface area contributed by atoms with E-state index in [9.17, 15) is 14.0 Å². The first kappa shape index (κ1) is 13.3. The van der Waals surface area contributed by atoms with Crippen molar-refractivity contribution in [3.8, 4) is 0 Å². The van der Waals surface area contributed by atoms with Crippen LogP contribution < -0.4 is 0 Å². The minimum Gasteiger partial charge on any atom is -0.300 e.